The Labute approximate surface area is 185 Å². The second kappa shape index (κ2) is 9.18. The lowest BCUT2D eigenvalue weighted by molar-refractivity contribution is 0.0496. The molecule has 4 rings (SSSR count). The molecule has 0 amide bonds. The zero-order chi connectivity index (χ0) is 22.7. The highest BCUT2D eigenvalue weighted by atomic mass is 32.2. The Balaban J connectivity index is 1.39. The number of aryl methyl sites for hydroxylation is 2. The SMILES string of the molecule is Cc1ccc(C(=O)OCCCn2cnc3c(N)ncnc32)cc1S(=O)(=O)N1CCOCC1. The Morgan fingerprint density at radius 1 is 1.22 bits per heavy atom. The van der Waals surface area contributed by atoms with Crippen molar-refractivity contribution in [1.82, 2.24) is 23.8 Å². The molecule has 1 aliphatic rings. The molecule has 0 aliphatic carbocycles. The summed E-state index contributed by atoms with van der Waals surface area (Å²) in [5, 5.41) is 0. The van der Waals surface area contributed by atoms with E-state index in [9.17, 15) is 13.2 Å². The molecule has 1 aromatic carbocycles. The number of nitrogens with zero attached hydrogens (tertiary/aromatic N) is 5. The molecule has 0 saturated carbocycles. The number of nitrogens with two attached hydrogens (primary N) is 1. The monoisotopic (exact) mass is 460 g/mol. The van der Waals surface area contributed by atoms with Gasteiger partial charge in [0, 0.05) is 19.6 Å². The Bertz CT molecular complexity index is 1240. The molecule has 0 bridgehead atoms. The molecule has 11 nitrogen and oxygen atoms in total. The summed E-state index contributed by atoms with van der Waals surface area (Å²) < 4.78 is 39.8. The number of sulfonamides is 1. The summed E-state index contributed by atoms with van der Waals surface area (Å²) in [6.07, 6.45) is 3.50. The molecule has 3 heterocycles. The van der Waals surface area contributed by atoms with Gasteiger partial charge in [0.05, 0.1) is 36.6 Å². The van der Waals surface area contributed by atoms with Crippen LogP contribution in [0.15, 0.2) is 35.7 Å². The van der Waals surface area contributed by atoms with Crippen LogP contribution in [-0.2, 0) is 26.0 Å². The number of rotatable bonds is 7. The predicted molar refractivity (Wildman–Crippen MR) is 115 cm³/mol. The highest BCUT2D eigenvalue weighted by Crippen LogP contribution is 2.23. The van der Waals surface area contributed by atoms with Gasteiger partial charge >= 0.3 is 5.97 Å². The van der Waals surface area contributed by atoms with Crippen molar-refractivity contribution in [3.8, 4) is 0 Å². The first kappa shape index (κ1) is 22.1. The lowest BCUT2D eigenvalue weighted by Gasteiger charge is -2.26. The third kappa shape index (κ3) is 4.42. The van der Waals surface area contributed by atoms with E-state index in [1.807, 2.05) is 0 Å². The maximum atomic E-state index is 13.0. The highest BCUT2D eigenvalue weighted by molar-refractivity contribution is 7.89. The number of carbonyl (C=O) groups is 1. The predicted octanol–water partition coefficient (Wildman–Crippen LogP) is 0.985. The summed E-state index contributed by atoms with van der Waals surface area (Å²) in [6.45, 7) is 3.65. The molecule has 170 valence electrons. The Morgan fingerprint density at radius 3 is 2.78 bits per heavy atom. The van der Waals surface area contributed by atoms with Crippen LogP contribution in [0.5, 0.6) is 0 Å². The summed E-state index contributed by atoms with van der Waals surface area (Å²) in [7, 11) is -3.71. The van der Waals surface area contributed by atoms with E-state index in [0.29, 0.717) is 48.7 Å². The molecule has 0 atom stereocenters. The van der Waals surface area contributed by atoms with Gasteiger partial charge in [-0.3, -0.25) is 0 Å². The van der Waals surface area contributed by atoms with Crippen LogP contribution in [0.1, 0.15) is 22.3 Å². The second-order valence-corrected chi connectivity index (χ2v) is 9.26. The Hall–Kier alpha value is -3.09. The fourth-order valence-electron chi connectivity index (χ4n) is 3.48. The van der Waals surface area contributed by atoms with Gasteiger partial charge in [0.15, 0.2) is 11.5 Å². The number of carbonyl (C=O) groups excluding carboxylic acids is 1. The van der Waals surface area contributed by atoms with E-state index >= 15 is 0 Å². The first-order valence-electron chi connectivity index (χ1n) is 10.1. The van der Waals surface area contributed by atoms with Crippen molar-refractivity contribution >= 4 is 33.0 Å². The van der Waals surface area contributed by atoms with Crippen LogP contribution in [0.25, 0.3) is 11.2 Å². The van der Waals surface area contributed by atoms with Crippen LogP contribution in [0, 0.1) is 6.92 Å². The van der Waals surface area contributed by atoms with Gasteiger partial charge < -0.3 is 19.8 Å². The first-order valence-corrected chi connectivity index (χ1v) is 11.6. The molecule has 0 unspecified atom stereocenters. The lowest BCUT2D eigenvalue weighted by atomic mass is 10.1. The fraction of sp³-hybridized carbons (Fsp3) is 0.400. The minimum Gasteiger partial charge on any atom is -0.462 e. The lowest BCUT2D eigenvalue weighted by Crippen LogP contribution is -2.40. The summed E-state index contributed by atoms with van der Waals surface area (Å²) in [6, 6.07) is 4.57. The topological polar surface area (TPSA) is 143 Å². The molecular formula is C20H24N6O5S. The average Bonchev–Trinajstić information content (AvgIpc) is 3.22. The molecular weight excluding hydrogens is 436 g/mol. The van der Waals surface area contributed by atoms with Crippen LogP contribution in [0.3, 0.4) is 0 Å². The summed E-state index contributed by atoms with van der Waals surface area (Å²) >= 11 is 0. The fourth-order valence-corrected chi connectivity index (χ4v) is 5.14. The van der Waals surface area contributed by atoms with Crippen LogP contribution < -0.4 is 5.73 Å². The van der Waals surface area contributed by atoms with Gasteiger partial charge in [-0.15, -0.1) is 0 Å². The molecule has 2 aromatic heterocycles. The Morgan fingerprint density at radius 2 is 2.00 bits per heavy atom. The van der Waals surface area contributed by atoms with E-state index < -0.39 is 16.0 Å². The van der Waals surface area contributed by atoms with Gasteiger partial charge in [0.1, 0.15) is 11.8 Å². The van der Waals surface area contributed by atoms with E-state index in [4.69, 9.17) is 15.2 Å². The number of nitrogen functional groups attached to an aromatic ring is 1. The van der Waals surface area contributed by atoms with Gasteiger partial charge in [0.2, 0.25) is 10.0 Å². The summed E-state index contributed by atoms with van der Waals surface area (Å²) in [5.41, 5.74) is 7.68. The smallest absolute Gasteiger partial charge is 0.338 e. The maximum absolute atomic E-state index is 13.0. The van der Waals surface area contributed by atoms with Crippen LogP contribution in [0.2, 0.25) is 0 Å². The van der Waals surface area contributed by atoms with Crippen molar-refractivity contribution < 1.29 is 22.7 Å². The number of fused-ring (bicyclic) bond motifs is 1. The quantitative estimate of drug-likeness (QED) is 0.403. The average molecular weight is 461 g/mol. The number of hydrogen-bond donors (Lipinski definition) is 1. The van der Waals surface area contributed by atoms with Crippen LogP contribution in [-0.4, -0.2) is 71.1 Å². The molecule has 0 radical (unpaired) electrons. The van der Waals surface area contributed by atoms with E-state index in [-0.39, 0.29) is 30.2 Å². The number of ether oxygens (including phenoxy) is 2. The van der Waals surface area contributed by atoms with Crippen molar-refractivity contribution in [2.75, 3.05) is 38.6 Å². The normalized spacial score (nSPS) is 15.2. The second-order valence-electron chi connectivity index (χ2n) is 7.36. The van der Waals surface area contributed by atoms with Gasteiger partial charge in [-0.1, -0.05) is 6.07 Å². The van der Waals surface area contributed by atoms with Gasteiger partial charge in [0.25, 0.3) is 0 Å². The van der Waals surface area contributed by atoms with E-state index in [0.717, 1.165) is 0 Å². The van der Waals surface area contributed by atoms with E-state index in [1.165, 1.54) is 16.7 Å². The largest absolute Gasteiger partial charge is 0.462 e. The third-order valence-corrected chi connectivity index (χ3v) is 7.26. The van der Waals surface area contributed by atoms with E-state index in [1.54, 1.807) is 30.0 Å². The minimum absolute atomic E-state index is 0.107. The van der Waals surface area contributed by atoms with Crippen LogP contribution in [0.4, 0.5) is 5.82 Å². The number of benzene rings is 1. The number of aromatic nitrogens is 4. The number of imidazole rings is 1. The van der Waals surface area contributed by atoms with Gasteiger partial charge in [-0.05, 0) is 31.0 Å². The van der Waals surface area contributed by atoms with E-state index in [2.05, 4.69) is 15.0 Å². The molecule has 12 heteroatoms. The van der Waals surface area contributed by atoms with Crippen molar-refractivity contribution in [3.63, 3.8) is 0 Å². The standard InChI is InChI=1S/C20H24N6O5S/c1-14-3-4-15(11-16(14)32(28,29)26-6-9-30-10-7-26)20(27)31-8-2-5-25-13-24-17-18(21)22-12-23-19(17)25/h3-4,11-13H,2,5-10H2,1H3,(H2,21,22,23). The molecule has 1 saturated heterocycles. The molecule has 1 aliphatic heterocycles. The summed E-state index contributed by atoms with van der Waals surface area (Å²) in [5.74, 6) is -0.270. The van der Waals surface area contributed by atoms with Crippen molar-refractivity contribution in [3.05, 3.63) is 42.0 Å². The maximum Gasteiger partial charge on any atom is 0.338 e. The summed E-state index contributed by atoms with van der Waals surface area (Å²) in [4.78, 5) is 24.9. The van der Waals surface area contributed by atoms with Crippen molar-refractivity contribution in [2.45, 2.75) is 24.8 Å². The molecule has 32 heavy (non-hydrogen) atoms. The molecule has 1 fully saturated rings. The molecule has 0 spiro atoms. The number of hydrogen-bond acceptors (Lipinski definition) is 9. The number of anilines is 1. The zero-order valence-electron chi connectivity index (χ0n) is 17.6. The minimum atomic E-state index is -3.71. The number of morpholine rings is 1. The van der Waals surface area contributed by atoms with Crippen molar-refractivity contribution in [2.24, 2.45) is 0 Å². The first-order chi connectivity index (χ1) is 15.4. The molecule has 2 N–H and O–H groups in total. The third-order valence-electron chi connectivity index (χ3n) is 5.22. The Kier molecular flexibility index (Phi) is 6.35. The molecule has 3 aromatic rings. The van der Waals surface area contributed by atoms with Crippen molar-refractivity contribution in [1.29, 1.82) is 0 Å². The van der Waals surface area contributed by atoms with Gasteiger partial charge in [-0.2, -0.15) is 4.31 Å². The zero-order valence-corrected chi connectivity index (χ0v) is 18.4. The van der Waals surface area contributed by atoms with Crippen LogP contribution >= 0.6 is 0 Å². The number of esters is 1. The van der Waals surface area contributed by atoms with Gasteiger partial charge in [-0.25, -0.2) is 28.2 Å². The highest BCUT2D eigenvalue weighted by Gasteiger charge is 2.28.